The van der Waals surface area contributed by atoms with Crippen LogP contribution in [0.5, 0.6) is 0 Å². The zero-order valence-corrected chi connectivity index (χ0v) is 12.0. The van der Waals surface area contributed by atoms with E-state index in [9.17, 15) is 4.79 Å². The highest BCUT2D eigenvalue weighted by Crippen LogP contribution is 2.36. The van der Waals surface area contributed by atoms with Gasteiger partial charge >= 0.3 is 5.91 Å². The summed E-state index contributed by atoms with van der Waals surface area (Å²) >= 11 is 13.6. The molecule has 100 valence electrons. The lowest BCUT2D eigenvalue weighted by Gasteiger charge is -2.06. The molecule has 0 aliphatic heterocycles. The quantitative estimate of drug-likeness (QED) is 0.392. The summed E-state index contributed by atoms with van der Waals surface area (Å²) in [5.41, 5.74) is 2.76. The largest absolute Gasteiger partial charge is 0.459 e. The van der Waals surface area contributed by atoms with Crippen LogP contribution in [0, 0.1) is 0 Å². The number of amides is 1. The SMILES string of the molecule is NNC(=O)c1occc1CSc1c(Cl)cccc1Cl. The first kappa shape index (κ1) is 14.3. The van der Waals surface area contributed by atoms with Gasteiger partial charge in [-0.2, -0.15) is 0 Å². The van der Waals surface area contributed by atoms with E-state index in [-0.39, 0.29) is 5.76 Å². The van der Waals surface area contributed by atoms with E-state index in [2.05, 4.69) is 0 Å². The first-order valence-electron chi connectivity index (χ1n) is 5.27. The maximum absolute atomic E-state index is 11.4. The van der Waals surface area contributed by atoms with Crippen LogP contribution in [0.25, 0.3) is 0 Å². The fourth-order valence-electron chi connectivity index (χ4n) is 1.48. The Balaban J connectivity index is 2.15. The number of carbonyl (C=O) groups excluding carboxylic acids is 1. The van der Waals surface area contributed by atoms with Gasteiger partial charge in [0.2, 0.25) is 0 Å². The predicted molar refractivity (Wildman–Crippen MR) is 76.4 cm³/mol. The second-order valence-electron chi connectivity index (χ2n) is 3.59. The molecule has 0 spiro atoms. The lowest BCUT2D eigenvalue weighted by atomic mass is 10.3. The number of carbonyl (C=O) groups is 1. The maximum atomic E-state index is 11.4. The number of nitrogens with two attached hydrogens (primary N) is 1. The van der Waals surface area contributed by atoms with Gasteiger partial charge in [-0.25, -0.2) is 5.84 Å². The van der Waals surface area contributed by atoms with Crippen molar-refractivity contribution in [3.8, 4) is 0 Å². The molecule has 4 nitrogen and oxygen atoms in total. The molecule has 0 bridgehead atoms. The topological polar surface area (TPSA) is 68.3 Å². The van der Waals surface area contributed by atoms with Crippen LogP contribution in [0.4, 0.5) is 0 Å². The summed E-state index contributed by atoms with van der Waals surface area (Å²) in [6.07, 6.45) is 1.44. The number of hydrogen-bond donors (Lipinski definition) is 2. The third-order valence-corrected chi connectivity index (χ3v) is 4.41. The van der Waals surface area contributed by atoms with Crippen molar-refractivity contribution < 1.29 is 9.21 Å². The van der Waals surface area contributed by atoms with Gasteiger partial charge in [0, 0.05) is 16.2 Å². The number of hydrogen-bond acceptors (Lipinski definition) is 4. The normalized spacial score (nSPS) is 10.5. The van der Waals surface area contributed by atoms with Crippen LogP contribution in [0.15, 0.2) is 39.8 Å². The Labute approximate surface area is 124 Å². The molecule has 1 amide bonds. The Kier molecular flexibility index (Phi) is 4.76. The summed E-state index contributed by atoms with van der Waals surface area (Å²) in [6, 6.07) is 7.01. The lowest BCUT2D eigenvalue weighted by Crippen LogP contribution is -2.30. The fraction of sp³-hybridized carbons (Fsp3) is 0.0833. The molecule has 19 heavy (non-hydrogen) atoms. The Morgan fingerprint density at radius 1 is 1.32 bits per heavy atom. The molecule has 7 heteroatoms. The van der Waals surface area contributed by atoms with Crippen molar-refractivity contribution in [1.29, 1.82) is 0 Å². The predicted octanol–water partition coefficient (Wildman–Crippen LogP) is 3.48. The van der Waals surface area contributed by atoms with Gasteiger partial charge < -0.3 is 4.42 Å². The van der Waals surface area contributed by atoms with Gasteiger partial charge in [-0.3, -0.25) is 10.2 Å². The number of rotatable bonds is 4. The van der Waals surface area contributed by atoms with E-state index in [1.807, 2.05) is 5.43 Å². The molecule has 0 aliphatic rings. The second kappa shape index (κ2) is 6.34. The lowest BCUT2D eigenvalue weighted by molar-refractivity contribution is 0.0925. The molecule has 0 atom stereocenters. The number of nitrogens with one attached hydrogen (secondary N) is 1. The summed E-state index contributed by atoms with van der Waals surface area (Å²) in [5.74, 6) is 5.31. The van der Waals surface area contributed by atoms with Crippen molar-refractivity contribution in [3.63, 3.8) is 0 Å². The Bertz CT molecular complexity index is 581. The minimum Gasteiger partial charge on any atom is -0.459 e. The van der Waals surface area contributed by atoms with Crippen molar-refractivity contribution in [2.24, 2.45) is 5.84 Å². The number of halogens is 2. The Hall–Kier alpha value is -1.14. The molecule has 0 saturated heterocycles. The molecule has 2 aromatic rings. The maximum Gasteiger partial charge on any atom is 0.301 e. The summed E-state index contributed by atoms with van der Waals surface area (Å²) in [6.45, 7) is 0. The van der Waals surface area contributed by atoms with Crippen LogP contribution in [0.3, 0.4) is 0 Å². The van der Waals surface area contributed by atoms with Gasteiger partial charge in [-0.05, 0) is 18.2 Å². The average molecular weight is 317 g/mol. The fourth-order valence-corrected chi connectivity index (χ4v) is 3.15. The molecule has 0 radical (unpaired) electrons. The van der Waals surface area contributed by atoms with Crippen LogP contribution in [0.2, 0.25) is 10.0 Å². The van der Waals surface area contributed by atoms with E-state index in [4.69, 9.17) is 33.5 Å². The molecule has 0 saturated carbocycles. The molecule has 3 N–H and O–H groups in total. The zero-order chi connectivity index (χ0) is 13.8. The number of furan rings is 1. The van der Waals surface area contributed by atoms with E-state index < -0.39 is 5.91 Å². The van der Waals surface area contributed by atoms with Gasteiger partial charge in [0.1, 0.15) is 0 Å². The third-order valence-electron chi connectivity index (χ3n) is 2.38. The summed E-state index contributed by atoms with van der Waals surface area (Å²) < 4.78 is 5.09. The summed E-state index contributed by atoms with van der Waals surface area (Å²) in [4.78, 5) is 12.2. The first-order valence-corrected chi connectivity index (χ1v) is 7.01. The molecule has 0 aliphatic carbocycles. The van der Waals surface area contributed by atoms with Crippen molar-refractivity contribution in [2.45, 2.75) is 10.6 Å². The van der Waals surface area contributed by atoms with Crippen LogP contribution in [0.1, 0.15) is 16.1 Å². The van der Waals surface area contributed by atoms with E-state index in [1.54, 1.807) is 24.3 Å². The first-order chi connectivity index (χ1) is 9.13. The Morgan fingerprint density at radius 3 is 2.63 bits per heavy atom. The van der Waals surface area contributed by atoms with Gasteiger partial charge in [-0.15, -0.1) is 11.8 Å². The number of hydrazine groups is 1. The molecular weight excluding hydrogens is 307 g/mol. The number of nitrogen functional groups attached to an aromatic ring is 1. The number of benzene rings is 1. The van der Waals surface area contributed by atoms with Crippen LogP contribution >= 0.6 is 35.0 Å². The van der Waals surface area contributed by atoms with Crippen molar-refractivity contribution in [3.05, 3.63) is 51.9 Å². The molecule has 1 aromatic carbocycles. The van der Waals surface area contributed by atoms with Crippen molar-refractivity contribution >= 4 is 40.9 Å². The van der Waals surface area contributed by atoms with Crippen molar-refractivity contribution in [1.82, 2.24) is 5.43 Å². The monoisotopic (exact) mass is 316 g/mol. The zero-order valence-electron chi connectivity index (χ0n) is 9.65. The van der Waals surface area contributed by atoms with Gasteiger partial charge in [0.25, 0.3) is 0 Å². The van der Waals surface area contributed by atoms with E-state index in [0.29, 0.717) is 15.8 Å². The molecular formula is C12H10Cl2N2O2S. The summed E-state index contributed by atoms with van der Waals surface area (Å²) in [7, 11) is 0. The van der Waals surface area contributed by atoms with Gasteiger partial charge in [0.15, 0.2) is 5.76 Å². The smallest absolute Gasteiger partial charge is 0.301 e. The Morgan fingerprint density at radius 2 is 2.00 bits per heavy atom. The molecule has 0 fully saturated rings. The van der Waals surface area contributed by atoms with E-state index >= 15 is 0 Å². The van der Waals surface area contributed by atoms with Crippen LogP contribution in [-0.4, -0.2) is 5.91 Å². The highest BCUT2D eigenvalue weighted by molar-refractivity contribution is 7.98. The highest BCUT2D eigenvalue weighted by Gasteiger charge is 2.15. The van der Waals surface area contributed by atoms with Gasteiger partial charge in [0.05, 0.1) is 16.3 Å². The molecule has 1 aromatic heterocycles. The molecule has 2 rings (SSSR count). The van der Waals surface area contributed by atoms with E-state index in [0.717, 1.165) is 10.5 Å². The second-order valence-corrected chi connectivity index (χ2v) is 5.39. The minimum atomic E-state index is -0.467. The van der Waals surface area contributed by atoms with Crippen LogP contribution < -0.4 is 11.3 Å². The minimum absolute atomic E-state index is 0.193. The molecule has 0 unspecified atom stereocenters. The third kappa shape index (κ3) is 3.25. The van der Waals surface area contributed by atoms with Crippen LogP contribution in [-0.2, 0) is 5.75 Å². The average Bonchev–Trinajstić information content (AvgIpc) is 2.85. The van der Waals surface area contributed by atoms with E-state index in [1.165, 1.54) is 18.0 Å². The standard InChI is InChI=1S/C12H10Cl2N2O2S/c13-8-2-1-3-9(14)11(8)19-6-7-4-5-18-10(7)12(17)16-15/h1-5H,6,15H2,(H,16,17). The highest BCUT2D eigenvalue weighted by atomic mass is 35.5. The molecule has 1 heterocycles. The van der Waals surface area contributed by atoms with Crippen molar-refractivity contribution in [2.75, 3.05) is 0 Å². The summed E-state index contributed by atoms with van der Waals surface area (Å²) in [5, 5.41) is 1.15. The van der Waals surface area contributed by atoms with Gasteiger partial charge in [-0.1, -0.05) is 29.3 Å². The number of thioether (sulfide) groups is 1.